The van der Waals surface area contributed by atoms with Crippen LogP contribution >= 0.6 is 0 Å². The van der Waals surface area contributed by atoms with Crippen molar-refractivity contribution in [1.82, 2.24) is 15.5 Å². The standard InChI is InChI=1S/C15H16FN3O/c16-14-4-3-11(15-2-1-5-18-19-15)8-12(14)9-13-10-20-7-6-17-13/h1-5,8,13,17H,6-7,9-10H2. The first-order valence-electron chi connectivity index (χ1n) is 6.70. The van der Waals surface area contributed by atoms with Gasteiger partial charge in [-0.25, -0.2) is 4.39 Å². The van der Waals surface area contributed by atoms with Gasteiger partial charge < -0.3 is 10.1 Å². The van der Waals surface area contributed by atoms with Gasteiger partial charge in [0.1, 0.15) is 5.82 Å². The molecule has 0 aliphatic carbocycles. The summed E-state index contributed by atoms with van der Waals surface area (Å²) in [7, 11) is 0. The topological polar surface area (TPSA) is 47.0 Å². The third-order valence-corrected chi connectivity index (χ3v) is 3.38. The summed E-state index contributed by atoms with van der Waals surface area (Å²) >= 11 is 0. The van der Waals surface area contributed by atoms with E-state index < -0.39 is 0 Å². The van der Waals surface area contributed by atoms with Crippen LogP contribution in [0.2, 0.25) is 0 Å². The molecule has 0 saturated carbocycles. The second kappa shape index (κ2) is 6.07. The van der Waals surface area contributed by atoms with E-state index in [-0.39, 0.29) is 11.9 Å². The monoisotopic (exact) mass is 273 g/mol. The minimum absolute atomic E-state index is 0.162. The number of hydrogen-bond acceptors (Lipinski definition) is 4. The number of rotatable bonds is 3. The molecule has 0 bridgehead atoms. The van der Waals surface area contributed by atoms with Gasteiger partial charge in [-0.2, -0.15) is 10.2 Å². The van der Waals surface area contributed by atoms with Crippen molar-refractivity contribution in [2.45, 2.75) is 12.5 Å². The maximum Gasteiger partial charge on any atom is 0.126 e. The van der Waals surface area contributed by atoms with E-state index in [9.17, 15) is 4.39 Å². The molecule has 1 aliphatic heterocycles. The van der Waals surface area contributed by atoms with Crippen molar-refractivity contribution >= 4 is 0 Å². The zero-order valence-corrected chi connectivity index (χ0v) is 11.1. The van der Waals surface area contributed by atoms with E-state index in [2.05, 4.69) is 15.5 Å². The van der Waals surface area contributed by atoms with Crippen LogP contribution in [0, 0.1) is 5.82 Å². The number of nitrogens with zero attached hydrogens (tertiary/aromatic N) is 2. The molecular weight excluding hydrogens is 257 g/mol. The van der Waals surface area contributed by atoms with Crippen LogP contribution in [-0.2, 0) is 11.2 Å². The maximum absolute atomic E-state index is 13.9. The van der Waals surface area contributed by atoms with Gasteiger partial charge in [-0.1, -0.05) is 0 Å². The van der Waals surface area contributed by atoms with E-state index in [1.54, 1.807) is 12.3 Å². The van der Waals surface area contributed by atoms with Crippen molar-refractivity contribution in [1.29, 1.82) is 0 Å². The van der Waals surface area contributed by atoms with E-state index in [1.165, 1.54) is 6.07 Å². The number of halogens is 1. The van der Waals surface area contributed by atoms with E-state index in [1.807, 2.05) is 18.2 Å². The van der Waals surface area contributed by atoms with Gasteiger partial charge in [0, 0.05) is 24.3 Å². The molecule has 2 aromatic rings. The molecule has 1 saturated heterocycles. The van der Waals surface area contributed by atoms with Gasteiger partial charge >= 0.3 is 0 Å². The summed E-state index contributed by atoms with van der Waals surface area (Å²) in [6, 6.07) is 8.91. The Labute approximate surface area is 117 Å². The lowest BCUT2D eigenvalue weighted by Gasteiger charge is -2.24. The van der Waals surface area contributed by atoms with E-state index in [0.29, 0.717) is 18.6 Å². The Morgan fingerprint density at radius 3 is 3.05 bits per heavy atom. The molecular formula is C15H16FN3O. The molecule has 1 aromatic heterocycles. The predicted molar refractivity (Wildman–Crippen MR) is 73.7 cm³/mol. The summed E-state index contributed by atoms with van der Waals surface area (Å²) in [6.07, 6.45) is 2.23. The summed E-state index contributed by atoms with van der Waals surface area (Å²) in [4.78, 5) is 0. The molecule has 0 radical (unpaired) electrons. The van der Waals surface area contributed by atoms with Gasteiger partial charge in [0.15, 0.2) is 0 Å². The van der Waals surface area contributed by atoms with Crippen LogP contribution in [0.3, 0.4) is 0 Å². The minimum Gasteiger partial charge on any atom is -0.379 e. The van der Waals surface area contributed by atoms with Crippen LogP contribution in [0.15, 0.2) is 36.5 Å². The average molecular weight is 273 g/mol. The maximum atomic E-state index is 13.9. The molecule has 20 heavy (non-hydrogen) atoms. The highest BCUT2D eigenvalue weighted by Crippen LogP contribution is 2.21. The fraction of sp³-hybridized carbons (Fsp3) is 0.333. The Morgan fingerprint density at radius 2 is 2.30 bits per heavy atom. The SMILES string of the molecule is Fc1ccc(-c2cccnn2)cc1CC1COCCN1. The van der Waals surface area contributed by atoms with Gasteiger partial charge in [-0.05, 0) is 42.3 Å². The summed E-state index contributed by atoms with van der Waals surface area (Å²) in [5.41, 5.74) is 2.31. The van der Waals surface area contributed by atoms with Gasteiger partial charge in [-0.15, -0.1) is 0 Å². The molecule has 0 amide bonds. The largest absolute Gasteiger partial charge is 0.379 e. The molecule has 1 atom stereocenters. The molecule has 3 rings (SSSR count). The van der Waals surface area contributed by atoms with Gasteiger partial charge in [-0.3, -0.25) is 0 Å². The Morgan fingerprint density at radius 1 is 1.35 bits per heavy atom. The smallest absolute Gasteiger partial charge is 0.126 e. The molecule has 1 unspecified atom stereocenters. The van der Waals surface area contributed by atoms with Gasteiger partial charge in [0.05, 0.1) is 18.9 Å². The average Bonchev–Trinajstić information content (AvgIpc) is 2.51. The second-order valence-corrected chi connectivity index (χ2v) is 4.85. The Bertz CT molecular complexity index is 571. The van der Waals surface area contributed by atoms with Crippen LogP contribution in [0.4, 0.5) is 4.39 Å². The fourth-order valence-corrected chi connectivity index (χ4v) is 2.36. The highest BCUT2D eigenvalue weighted by molar-refractivity contribution is 5.59. The second-order valence-electron chi connectivity index (χ2n) is 4.85. The number of hydrogen-bond donors (Lipinski definition) is 1. The summed E-state index contributed by atoms with van der Waals surface area (Å²) in [6.45, 7) is 2.16. The zero-order valence-electron chi connectivity index (χ0n) is 11.1. The lowest BCUT2D eigenvalue weighted by Crippen LogP contribution is -2.42. The third-order valence-electron chi connectivity index (χ3n) is 3.38. The van der Waals surface area contributed by atoms with E-state index in [0.717, 1.165) is 24.4 Å². The molecule has 1 aromatic carbocycles. The molecule has 2 heterocycles. The van der Waals surface area contributed by atoms with E-state index in [4.69, 9.17) is 4.74 Å². The molecule has 1 aliphatic rings. The lowest BCUT2D eigenvalue weighted by atomic mass is 10.0. The Balaban J connectivity index is 1.83. The van der Waals surface area contributed by atoms with E-state index >= 15 is 0 Å². The van der Waals surface area contributed by atoms with Crippen molar-refractivity contribution in [3.63, 3.8) is 0 Å². The fourth-order valence-electron chi connectivity index (χ4n) is 2.36. The summed E-state index contributed by atoms with van der Waals surface area (Å²) in [5.74, 6) is -0.190. The van der Waals surface area contributed by atoms with Crippen LogP contribution in [0.25, 0.3) is 11.3 Å². The van der Waals surface area contributed by atoms with Gasteiger partial charge in [0.25, 0.3) is 0 Å². The quantitative estimate of drug-likeness (QED) is 0.926. The zero-order chi connectivity index (χ0) is 13.8. The molecule has 1 N–H and O–H groups in total. The Kier molecular flexibility index (Phi) is 3.99. The normalized spacial score (nSPS) is 18.9. The molecule has 5 heteroatoms. The number of morpholine rings is 1. The van der Waals surface area contributed by atoms with Crippen LogP contribution in [0.5, 0.6) is 0 Å². The summed E-state index contributed by atoms with van der Waals surface area (Å²) in [5, 5.41) is 11.2. The molecule has 1 fully saturated rings. The van der Waals surface area contributed by atoms with Crippen molar-refractivity contribution in [2.24, 2.45) is 0 Å². The third kappa shape index (κ3) is 3.00. The predicted octanol–water partition coefficient (Wildman–Crippen LogP) is 1.81. The van der Waals surface area contributed by atoms with Gasteiger partial charge in [0.2, 0.25) is 0 Å². The number of nitrogens with one attached hydrogen (secondary N) is 1. The first kappa shape index (κ1) is 13.1. The lowest BCUT2D eigenvalue weighted by molar-refractivity contribution is 0.0767. The minimum atomic E-state index is -0.190. The highest BCUT2D eigenvalue weighted by atomic mass is 19.1. The number of ether oxygens (including phenoxy) is 1. The number of aromatic nitrogens is 2. The van der Waals surface area contributed by atoms with Crippen molar-refractivity contribution in [3.05, 3.63) is 47.9 Å². The van der Waals surface area contributed by atoms with Crippen LogP contribution in [0.1, 0.15) is 5.56 Å². The van der Waals surface area contributed by atoms with Crippen molar-refractivity contribution in [2.75, 3.05) is 19.8 Å². The first-order chi connectivity index (χ1) is 9.83. The molecule has 0 spiro atoms. The van der Waals surface area contributed by atoms with Crippen molar-refractivity contribution < 1.29 is 9.13 Å². The van der Waals surface area contributed by atoms with Crippen LogP contribution < -0.4 is 5.32 Å². The summed E-state index contributed by atoms with van der Waals surface area (Å²) < 4.78 is 19.3. The molecule has 104 valence electrons. The number of benzene rings is 1. The highest BCUT2D eigenvalue weighted by Gasteiger charge is 2.16. The Hall–Kier alpha value is -1.85. The van der Waals surface area contributed by atoms with Crippen molar-refractivity contribution in [3.8, 4) is 11.3 Å². The van der Waals surface area contributed by atoms with Crippen LogP contribution in [-0.4, -0.2) is 36.0 Å². The first-order valence-corrected chi connectivity index (χ1v) is 6.70. The molecule has 4 nitrogen and oxygen atoms in total.